The highest BCUT2D eigenvalue weighted by atomic mass is 16.5. The zero-order chi connectivity index (χ0) is 24.2. The first-order valence-electron chi connectivity index (χ1n) is 12.0. The monoisotopic (exact) mass is 464 g/mol. The van der Waals surface area contributed by atoms with Crippen molar-refractivity contribution < 1.29 is 24.2 Å². The van der Waals surface area contributed by atoms with Crippen LogP contribution in [0.15, 0.2) is 48.5 Å². The first-order chi connectivity index (χ1) is 16.4. The molecular weight excluding hydrogens is 432 g/mol. The van der Waals surface area contributed by atoms with Crippen molar-refractivity contribution in [3.05, 3.63) is 59.7 Å². The SMILES string of the molecule is CC(C)C(CNC(=O)C(NC(=O)OCC1c2ccccc2-c2ccccc21)C1CCC1)C(=O)O. The summed E-state index contributed by atoms with van der Waals surface area (Å²) >= 11 is 0. The second kappa shape index (κ2) is 10.3. The highest BCUT2D eigenvalue weighted by molar-refractivity contribution is 5.86. The van der Waals surface area contributed by atoms with Crippen molar-refractivity contribution in [2.75, 3.05) is 13.2 Å². The van der Waals surface area contributed by atoms with Crippen LogP contribution in [0.1, 0.15) is 50.2 Å². The van der Waals surface area contributed by atoms with Crippen LogP contribution in [0.4, 0.5) is 4.79 Å². The Morgan fingerprint density at radius 2 is 1.59 bits per heavy atom. The Hall–Kier alpha value is -3.35. The number of amides is 2. The molecule has 3 N–H and O–H groups in total. The van der Waals surface area contributed by atoms with Crippen molar-refractivity contribution in [3.63, 3.8) is 0 Å². The number of rotatable bonds is 9. The fourth-order valence-corrected chi connectivity index (χ4v) is 4.87. The Balaban J connectivity index is 1.38. The molecule has 2 unspecified atom stereocenters. The van der Waals surface area contributed by atoms with Gasteiger partial charge in [-0.15, -0.1) is 0 Å². The van der Waals surface area contributed by atoms with Gasteiger partial charge in [0.15, 0.2) is 0 Å². The van der Waals surface area contributed by atoms with E-state index in [-0.39, 0.29) is 36.8 Å². The molecule has 2 aliphatic rings. The van der Waals surface area contributed by atoms with Crippen LogP contribution in [-0.4, -0.2) is 42.3 Å². The number of carbonyl (C=O) groups is 3. The van der Waals surface area contributed by atoms with Crippen molar-refractivity contribution in [3.8, 4) is 11.1 Å². The lowest BCUT2D eigenvalue weighted by atomic mass is 9.79. The third-order valence-corrected chi connectivity index (χ3v) is 7.14. The minimum atomic E-state index is -0.944. The molecule has 0 spiro atoms. The summed E-state index contributed by atoms with van der Waals surface area (Å²) in [6, 6.07) is 15.5. The number of carbonyl (C=O) groups excluding carboxylic acids is 2. The average molecular weight is 465 g/mol. The van der Waals surface area contributed by atoms with E-state index in [9.17, 15) is 19.5 Å². The predicted molar refractivity (Wildman–Crippen MR) is 128 cm³/mol. The summed E-state index contributed by atoms with van der Waals surface area (Å²) in [6.45, 7) is 3.82. The fourth-order valence-electron chi connectivity index (χ4n) is 4.87. The van der Waals surface area contributed by atoms with Gasteiger partial charge in [-0.1, -0.05) is 68.8 Å². The van der Waals surface area contributed by atoms with Crippen molar-refractivity contribution >= 4 is 18.0 Å². The molecule has 1 fully saturated rings. The van der Waals surface area contributed by atoms with Gasteiger partial charge in [0.05, 0.1) is 5.92 Å². The third kappa shape index (κ3) is 4.93. The quantitative estimate of drug-likeness (QED) is 0.517. The molecule has 0 aromatic heterocycles. The molecule has 0 aliphatic heterocycles. The van der Waals surface area contributed by atoms with Gasteiger partial charge in [0.1, 0.15) is 12.6 Å². The first kappa shape index (κ1) is 23.8. The van der Waals surface area contributed by atoms with Crippen molar-refractivity contribution in [1.82, 2.24) is 10.6 Å². The molecule has 0 radical (unpaired) electrons. The molecule has 0 bridgehead atoms. The van der Waals surface area contributed by atoms with Gasteiger partial charge < -0.3 is 20.5 Å². The smallest absolute Gasteiger partial charge is 0.407 e. The standard InChI is InChI=1S/C27H32N2O5/c1-16(2)22(26(31)32)14-28-25(30)24(17-8-7-9-17)29-27(33)34-15-23-20-12-5-3-10-18(20)19-11-4-6-13-21(19)23/h3-6,10-13,16-17,22-24H,7-9,14-15H2,1-2H3,(H,28,30)(H,29,33)(H,31,32). The summed E-state index contributed by atoms with van der Waals surface area (Å²) in [5.41, 5.74) is 4.55. The summed E-state index contributed by atoms with van der Waals surface area (Å²) in [5.74, 6) is -2.13. The zero-order valence-corrected chi connectivity index (χ0v) is 19.6. The van der Waals surface area contributed by atoms with Gasteiger partial charge in [-0.3, -0.25) is 9.59 Å². The summed E-state index contributed by atoms with van der Waals surface area (Å²) in [7, 11) is 0. The van der Waals surface area contributed by atoms with E-state index in [2.05, 4.69) is 34.9 Å². The molecule has 2 aliphatic carbocycles. The second-order valence-corrected chi connectivity index (χ2v) is 9.57. The van der Waals surface area contributed by atoms with Crippen LogP contribution in [0, 0.1) is 17.8 Å². The van der Waals surface area contributed by atoms with Crippen LogP contribution < -0.4 is 10.6 Å². The number of carboxylic acids is 1. The van der Waals surface area contributed by atoms with E-state index in [0.29, 0.717) is 0 Å². The lowest BCUT2D eigenvalue weighted by molar-refractivity contribution is -0.143. The van der Waals surface area contributed by atoms with E-state index >= 15 is 0 Å². The number of benzene rings is 2. The van der Waals surface area contributed by atoms with Crippen LogP contribution in [0.5, 0.6) is 0 Å². The van der Waals surface area contributed by atoms with Gasteiger partial charge in [0.25, 0.3) is 0 Å². The second-order valence-electron chi connectivity index (χ2n) is 9.57. The Bertz CT molecular complexity index is 1020. The fraction of sp³-hybridized carbons (Fsp3) is 0.444. The van der Waals surface area contributed by atoms with E-state index < -0.39 is 24.0 Å². The van der Waals surface area contributed by atoms with Crippen LogP contribution >= 0.6 is 0 Å². The Kier molecular flexibility index (Phi) is 7.20. The Labute approximate surface area is 199 Å². The van der Waals surface area contributed by atoms with Gasteiger partial charge in [0.2, 0.25) is 5.91 Å². The maximum absolute atomic E-state index is 12.9. The molecule has 7 nitrogen and oxygen atoms in total. The highest BCUT2D eigenvalue weighted by Gasteiger charge is 2.36. The minimum Gasteiger partial charge on any atom is -0.481 e. The molecule has 180 valence electrons. The molecule has 7 heteroatoms. The van der Waals surface area contributed by atoms with E-state index in [0.717, 1.165) is 41.5 Å². The van der Waals surface area contributed by atoms with Crippen LogP contribution in [0.25, 0.3) is 11.1 Å². The number of hydrogen-bond acceptors (Lipinski definition) is 4. The summed E-state index contributed by atoms with van der Waals surface area (Å²) in [6.07, 6.45) is 2.06. The molecule has 34 heavy (non-hydrogen) atoms. The lowest BCUT2D eigenvalue weighted by Crippen LogP contribution is -2.53. The van der Waals surface area contributed by atoms with Crippen molar-refractivity contribution in [2.24, 2.45) is 17.8 Å². The number of nitrogens with one attached hydrogen (secondary N) is 2. The zero-order valence-electron chi connectivity index (χ0n) is 19.6. The maximum atomic E-state index is 12.9. The molecule has 2 aromatic rings. The first-order valence-corrected chi connectivity index (χ1v) is 12.0. The van der Waals surface area contributed by atoms with Crippen LogP contribution in [0.2, 0.25) is 0 Å². The summed E-state index contributed by atoms with van der Waals surface area (Å²) < 4.78 is 5.62. The predicted octanol–water partition coefficient (Wildman–Crippen LogP) is 4.17. The number of hydrogen-bond donors (Lipinski definition) is 3. The normalized spacial score (nSPS) is 16.7. The number of fused-ring (bicyclic) bond motifs is 3. The summed E-state index contributed by atoms with van der Waals surface area (Å²) in [5, 5.41) is 14.9. The largest absolute Gasteiger partial charge is 0.481 e. The van der Waals surface area contributed by atoms with E-state index in [1.165, 1.54) is 0 Å². The lowest BCUT2D eigenvalue weighted by Gasteiger charge is -2.33. The van der Waals surface area contributed by atoms with E-state index in [4.69, 9.17) is 4.74 Å². The molecule has 1 saturated carbocycles. The van der Waals surface area contributed by atoms with Gasteiger partial charge in [-0.2, -0.15) is 0 Å². The third-order valence-electron chi connectivity index (χ3n) is 7.14. The molecular formula is C27H32N2O5. The molecule has 4 rings (SSSR count). The Morgan fingerprint density at radius 1 is 1.00 bits per heavy atom. The minimum absolute atomic E-state index is 0.0292. The van der Waals surface area contributed by atoms with Crippen molar-refractivity contribution in [2.45, 2.75) is 45.1 Å². The van der Waals surface area contributed by atoms with Gasteiger partial charge >= 0.3 is 12.1 Å². The number of aliphatic carboxylic acids is 1. The number of carboxylic acid groups (broad SMARTS) is 1. The van der Waals surface area contributed by atoms with Crippen LogP contribution in [-0.2, 0) is 14.3 Å². The molecule has 2 amide bonds. The number of alkyl carbamates (subject to hydrolysis) is 1. The van der Waals surface area contributed by atoms with Gasteiger partial charge in [-0.05, 0) is 46.9 Å². The van der Waals surface area contributed by atoms with Crippen LogP contribution in [0.3, 0.4) is 0 Å². The maximum Gasteiger partial charge on any atom is 0.407 e. The average Bonchev–Trinajstić information content (AvgIpc) is 3.09. The highest BCUT2D eigenvalue weighted by Crippen LogP contribution is 2.44. The van der Waals surface area contributed by atoms with E-state index in [1.807, 2.05) is 38.1 Å². The molecule has 2 atom stereocenters. The van der Waals surface area contributed by atoms with Gasteiger partial charge in [0, 0.05) is 12.5 Å². The van der Waals surface area contributed by atoms with Crippen molar-refractivity contribution in [1.29, 1.82) is 0 Å². The van der Waals surface area contributed by atoms with E-state index in [1.54, 1.807) is 0 Å². The molecule has 0 heterocycles. The molecule has 0 saturated heterocycles. The topological polar surface area (TPSA) is 105 Å². The van der Waals surface area contributed by atoms with Gasteiger partial charge in [-0.25, -0.2) is 4.79 Å². The Morgan fingerprint density at radius 3 is 2.09 bits per heavy atom. The molecule has 2 aromatic carbocycles. The number of ether oxygens (including phenoxy) is 1. The summed E-state index contributed by atoms with van der Waals surface area (Å²) in [4.78, 5) is 37.1.